The number of hydrogen-bond acceptors (Lipinski definition) is 3. The van der Waals surface area contributed by atoms with Crippen LogP contribution >= 0.6 is 15.9 Å². The summed E-state index contributed by atoms with van der Waals surface area (Å²) < 4.78 is 1.02. The average molecular weight is 335 g/mol. The summed E-state index contributed by atoms with van der Waals surface area (Å²) in [5, 5.41) is 12.3. The second kappa shape index (κ2) is 5.63. The van der Waals surface area contributed by atoms with Crippen molar-refractivity contribution in [3.63, 3.8) is 0 Å². The Kier molecular flexibility index (Phi) is 4.09. The number of carbonyl (C=O) groups is 1. The van der Waals surface area contributed by atoms with Crippen LogP contribution in [-0.4, -0.2) is 16.1 Å². The molecule has 2 rings (SSSR count). The fourth-order valence-electron chi connectivity index (χ4n) is 2.09. The molecule has 4 nitrogen and oxygen atoms in total. The molecule has 1 aromatic heterocycles. The molecule has 1 aromatic carbocycles. The molecule has 1 heterocycles. The zero-order chi connectivity index (χ0) is 14.9. The fourth-order valence-corrected chi connectivity index (χ4v) is 2.78. The third-order valence-corrected chi connectivity index (χ3v) is 3.41. The lowest BCUT2D eigenvalue weighted by molar-refractivity contribution is 0.0696. The molecule has 0 atom stereocenters. The van der Waals surface area contributed by atoms with Crippen LogP contribution in [0.1, 0.15) is 27.2 Å². The van der Waals surface area contributed by atoms with Gasteiger partial charge >= 0.3 is 5.97 Å². The Morgan fingerprint density at radius 3 is 2.30 bits per heavy atom. The number of nitrogens with zero attached hydrogens (tertiary/aromatic N) is 1. The Balaban J connectivity index is 2.42. The average Bonchev–Trinajstić information content (AvgIpc) is 2.33. The van der Waals surface area contributed by atoms with Gasteiger partial charge in [-0.2, -0.15) is 0 Å². The zero-order valence-electron chi connectivity index (χ0n) is 11.5. The van der Waals surface area contributed by atoms with Gasteiger partial charge in [0.15, 0.2) is 0 Å². The molecule has 2 N–H and O–H groups in total. The number of nitrogens with one attached hydrogen (secondary N) is 1. The van der Waals surface area contributed by atoms with Gasteiger partial charge in [-0.1, -0.05) is 15.9 Å². The highest BCUT2D eigenvalue weighted by molar-refractivity contribution is 9.10. The minimum absolute atomic E-state index is 0.229. The topological polar surface area (TPSA) is 62.2 Å². The summed E-state index contributed by atoms with van der Waals surface area (Å²) in [5.74, 6) is -0.418. The number of aromatic carboxylic acids is 1. The van der Waals surface area contributed by atoms with Gasteiger partial charge in [0.2, 0.25) is 0 Å². The molecule has 0 bridgehead atoms. The van der Waals surface area contributed by atoms with E-state index in [9.17, 15) is 4.79 Å². The number of benzene rings is 1. The van der Waals surface area contributed by atoms with Crippen LogP contribution in [0.15, 0.2) is 28.7 Å². The van der Waals surface area contributed by atoms with Gasteiger partial charge in [0, 0.05) is 15.9 Å². The van der Waals surface area contributed by atoms with Gasteiger partial charge in [0.25, 0.3) is 0 Å². The van der Waals surface area contributed by atoms with Crippen molar-refractivity contribution in [1.29, 1.82) is 0 Å². The van der Waals surface area contributed by atoms with E-state index in [0.29, 0.717) is 11.5 Å². The smallest absolute Gasteiger partial charge is 0.335 e. The monoisotopic (exact) mass is 334 g/mol. The van der Waals surface area contributed by atoms with Gasteiger partial charge in [-0.25, -0.2) is 9.78 Å². The van der Waals surface area contributed by atoms with Crippen molar-refractivity contribution in [3.8, 4) is 0 Å². The van der Waals surface area contributed by atoms with E-state index in [1.807, 2.05) is 26.0 Å². The van der Waals surface area contributed by atoms with Crippen LogP contribution in [0.5, 0.6) is 0 Å². The van der Waals surface area contributed by atoms with Crippen LogP contribution in [0.4, 0.5) is 11.5 Å². The summed E-state index contributed by atoms with van der Waals surface area (Å²) in [6.07, 6.45) is 0. The van der Waals surface area contributed by atoms with Crippen molar-refractivity contribution in [2.75, 3.05) is 5.32 Å². The number of anilines is 2. The minimum Gasteiger partial charge on any atom is -0.478 e. The predicted molar refractivity (Wildman–Crippen MR) is 82.8 cm³/mol. The SMILES string of the molecule is Cc1cc(C(=O)O)cc(Nc2c(C)cc(Br)cc2C)n1. The normalized spacial score (nSPS) is 10.4. The Hall–Kier alpha value is -1.88. The number of halogens is 1. The largest absolute Gasteiger partial charge is 0.478 e. The molecule has 0 unspecified atom stereocenters. The summed E-state index contributed by atoms with van der Waals surface area (Å²) in [5.41, 5.74) is 3.98. The first-order valence-corrected chi connectivity index (χ1v) is 6.92. The Morgan fingerprint density at radius 2 is 1.75 bits per heavy atom. The highest BCUT2D eigenvalue weighted by atomic mass is 79.9. The van der Waals surface area contributed by atoms with Crippen molar-refractivity contribution in [1.82, 2.24) is 4.98 Å². The first kappa shape index (κ1) is 14.5. The lowest BCUT2D eigenvalue weighted by Gasteiger charge is -2.13. The Bertz CT molecular complexity index is 661. The van der Waals surface area contributed by atoms with Gasteiger partial charge in [-0.15, -0.1) is 0 Å². The van der Waals surface area contributed by atoms with E-state index < -0.39 is 5.97 Å². The summed E-state index contributed by atoms with van der Waals surface area (Å²) in [6.45, 7) is 5.76. The van der Waals surface area contributed by atoms with Gasteiger partial charge in [0.1, 0.15) is 5.82 Å². The number of pyridine rings is 1. The molecule has 0 aliphatic rings. The van der Waals surface area contributed by atoms with Crippen molar-refractivity contribution in [2.45, 2.75) is 20.8 Å². The summed E-state index contributed by atoms with van der Waals surface area (Å²) in [6, 6.07) is 7.09. The molecule has 20 heavy (non-hydrogen) atoms. The van der Waals surface area contributed by atoms with Crippen LogP contribution in [0.2, 0.25) is 0 Å². The fraction of sp³-hybridized carbons (Fsp3) is 0.200. The number of carboxylic acids is 1. The Labute approximate surface area is 126 Å². The van der Waals surface area contributed by atoms with Crippen molar-refractivity contribution < 1.29 is 9.90 Å². The lowest BCUT2D eigenvalue weighted by Crippen LogP contribution is -2.03. The second-order valence-electron chi connectivity index (χ2n) is 4.73. The third-order valence-electron chi connectivity index (χ3n) is 2.95. The van der Waals surface area contributed by atoms with Crippen LogP contribution in [0, 0.1) is 20.8 Å². The Morgan fingerprint density at radius 1 is 1.15 bits per heavy atom. The third kappa shape index (κ3) is 3.17. The maximum atomic E-state index is 11.1. The van der Waals surface area contributed by atoms with Gasteiger partial charge in [0.05, 0.1) is 5.56 Å². The molecule has 2 aromatic rings. The summed E-state index contributed by atoms with van der Waals surface area (Å²) in [4.78, 5) is 15.4. The van der Waals surface area contributed by atoms with E-state index in [0.717, 1.165) is 21.3 Å². The number of rotatable bonds is 3. The molecule has 104 valence electrons. The molecule has 0 saturated carbocycles. The molecule has 0 saturated heterocycles. The molecule has 5 heteroatoms. The summed E-state index contributed by atoms with van der Waals surface area (Å²) >= 11 is 3.45. The van der Waals surface area contributed by atoms with E-state index in [-0.39, 0.29) is 5.56 Å². The van der Waals surface area contributed by atoms with Crippen molar-refractivity contribution >= 4 is 33.4 Å². The van der Waals surface area contributed by atoms with E-state index >= 15 is 0 Å². The van der Waals surface area contributed by atoms with E-state index in [1.54, 1.807) is 13.0 Å². The summed E-state index contributed by atoms with van der Waals surface area (Å²) in [7, 11) is 0. The molecule has 0 aliphatic carbocycles. The molecular formula is C15H15BrN2O2. The van der Waals surface area contributed by atoms with Gasteiger partial charge in [-0.05, 0) is 56.2 Å². The number of aryl methyl sites for hydroxylation is 3. The molecule has 0 fully saturated rings. The molecule has 0 amide bonds. The van der Waals surface area contributed by atoms with Crippen molar-refractivity contribution in [3.05, 3.63) is 51.1 Å². The van der Waals surface area contributed by atoms with E-state index in [2.05, 4.69) is 26.2 Å². The van der Waals surface area contributed by atoms with Crippen molar-refractivity contribution in [2.24, 2.45) is 0 Å². The van der Waals surface area contributed by atoms with Crippen LogP contribution < -0.4 is 5.32 Å². The quantitative estimate of drug-likeness (QED) is 0.882. The number of carboxylic acid groups (broad SMARTS) is 1. The number of hydrogen-bond donors (Lipinski definition) is 2. The van der Waals surface area contributed by atoms with Crippen LogP contribution in [-0.2, 0) is 0 Å². The zero-order valence-corrected chi connectivity index (χ0v) is 13.1. The molecular weight excluding hydrogens is 320 g/mol. The minimum atomic E-state index is -0.956. The maximum Gasteiger partial charge on any atom is 0.335 e. The lowest BCUT2D eigenvalue weighted by atomic mass is 10.1. The van der Waals surface area contributed by atoms with E-state index in [1.165, 1.54) is 6.07 Å². The first-order chi connectivity index (χ1) is 9.36. The molecule has 0 spiro atoms. The predicted octanol–water partition coefficient (Wildman–Crippen LogP) is 4.21. The highest BCUT2D eigenvalue weighted by Gasteiger charge is 2.09. The van der Waals surface area contributed by atoms with Crippen LogP contribution in [0.3, 0.4) is 0 Å². The van der Waals surface area contributed by atoms with Gasteiger partial charge < -0.3 is 10.4 Å². The maximum absolute atomic E-state index is 11.1. The van der Waals surface area contributed by atoms with Gasteiger partial charge in [-0.3, -0.25) is 0 Å². The standard InChI is InChI=1S/C15H15BrN2O2/c1-8-4-12(16)5-9(2)14(8)18-13-7-11(15(19)20)6-10(3)17-13/h4-7H,1-3H3,(H,17,18)(H,19,20). The second-order valence-corrected chi connectivity index (χ2v) is 5.64. The van der Waals surface area contributed by atoms with Crippen LogP contribution in [0.25, 0.3) is 0 Å². The van der Waals surface area contributed by atoms with E-state index in [4.69, 9.17) is 5.11 Å². The molecule has 0 radical (unpaired) electrons. The molecule has 0 aliphatic heterocycles. The highest BCUT2D eigenvalue weighted by Crippen LogP contribution is 2.27. The number of aromatic nitrogens is 1. The first-order valence-electron chi connectivity index (χ1n) is 6.12.